The monoisotopic (exact) mass is 1750 g/mol. The van der Waals surface area contributed by atoms with Crippen LogP contribution in [-0.4, -0.2) is 197 Å². The molecule has 0 saturated carbocycles. The summed E-state index contributed by atoms with van der Waals surface area (Å²) in [5, 5.41) is 69.0. The molecule has 5 saturated heterocycles. The smallest absolute Gasteiger partial charge is 0.220 e. The highest BCUT2D eigenvalue weighted by molar-refractivity contribution is 6.34. The first-order valence-electron chi connectivity index (χ1n) is 40.8. The van der Waals surface area contributed by atoms with Crippen molar-refractivity contribution in [3.8, 4) is 11.1 Å². The summed E-state index contributed by atoms with van der Waals surface area (Å²) in [7, 11) is 3.74. The zero-order valence-corrected chi connectivity index (χ0v) is 72.9. The van der Waals surface area contributed by atoms with Gasteiger partial charge in [-0.2, -0.15) is 30.6 Å². The standard InChI is InChI=1S/C16H21ClN4O.C15H17ClN4O.C15H19ClN4O.C15H13ClN2O.C14H17ClN4O.C14H12ClN3/c1-11(22)20(2)10-12-3-5-21(6-4-12)16-8-13(17)7-15-14(16)9-18-19-15;16-10-5-12-11(8-18-19-12)13(6-10)20-3-1-15(2-4-20)7-14(21)17-9-15;1-10(21)17-7-11-3-2-4-20(9-11)15-6-12(16)5-14-13(15)8-18-19-14;16-11-7-12(13-9-17-18-14(13)8-11)15(19)6-10-4-2-1-3-5-10;1-9(20)18(2)11-3-4-19(8-11)14-6-10(15)5-13-12(14)7-16-17-13;1-2-11-5-9(3-4-16-11)12-6-10(15)7-14-13(12)8-17-18-14/h7-9,12H,3-6,10H2,1-2H3,(H,18,19);5-6,8H,1-4,7,9H2,(H,17,21)(H,18,19);5-6,8,11H,2-4,7,9H2,1H3,(H,17,21)(H,18,19);1-5,7-9,15,19H,6H2,(H,17,18);5-7,11H,3-4,8H2,1-2H3,(H,16,17);3-8H,2H2,1H3,(H,17,18). The molecule has 632 valence electrons. The largest absolute Gasteiger partial charge is 0.388 e. The Balaban J connectivity index is 0.000000119. The van der Waals surface area contributed by atoms with Crippen molar-refractivity contribution >= 4 is 181 Å². The molecule has 5 aliphatic rings. The second-order valence-corrected chi connectivity index (χ2v) is 34.5. The third-order valence-electron chi connectivity index (χ3n) is 23.6. The van der Waals surface area contributed by atoms with E-state index in [0.29, 0.717) is 44.8 Å². The molecule has 5 fully saturated rings. The Morgan fingerprint density at radius 2 is 0.992 bits per heavy atom. The Bertz CT molecular complexity index is 5930. The first-order chi connectivity index (χ1) is 58.4. The summed E-state index contributed by atoms with van der Waals surface area (Å²) in [5.74, 6) is 1.53. The number of nitrogens with zero attached hydrogens (tertiary/aromatic N) is 13. The SMILES string of the molecule is CC(=O)N(C)C1CCN(c2cc(Cl)cc3[nH]ncc23)C1.CC(=O)N(C)CC1CCN(c2cc(Cl)cc3[nH]ncc23)CC1.CC(=O)NCC1CCCN(c2cc(Cl)cc3[nH]ncc23)C1.CCc1cc(-c2cc(Cl)cc3[nH]ncc23)ccn1.O=C1CC2(CCN(c3cc(Cl)cc4[nH]ncc34)CC2)CN1.OC(Cc1ccccc1)c1cc(Cl)cc2[nH]ncc12. The Morgan fingerprint density at radius 3 is 1.49 bits per heavy atom. The molecule has 14 aromatic rings. The van der Waals surface area contributed by atoms with E-state index in [-0.39, 0.29) is 35.1 Å². The molecular weight excluding hydrogens is 1660 g/mol. The van der Waals surface area contributed by atoms with Gasteiger partial charge in [0, 0.05) is 217 Å². The summed E-state index contributed by atoms with van der Waals surface area (Å²) in [6.45, 7) is 16.9. The van der Waals surface area contributed by atoms with Crippen LogP contribution in [0.25, 0.3) is 76.5 Å². The van der Waals surface area contributed by atoms with Gasteiger partial charge < -0.3 is 45.1 Å². The maximum absolute atomic E-state index is 11.5. The number of aromatic amines is 6. The predicted octanol–water partition coefficient (Wildman–Crippen LogP) is 17.4. The van der Waals surface area contributed by atoms with Gasteiger partial charge in [-0.15, -0.1) is 0 Å². The number of likely N-dealkylation sites (N-methyl/N-ethyl adjacent to an activating group) is 1. The quantitative estimate of drug-likeness (QED) is 0.0488. The van der Waals surface area contributed by atoms with Crippen LogP contribution < -0.4 is 30.2 Å². The number of hydrogen-bond acceptors (Lipinski definition) is 16. The number of aromatic nitrogens is 13. The third-order valence-corrected chi connectivity index (χ3v) is 24.9. The van der Waals surface area contributed by atoms with Crippen molar-refractivity contribution in [1.29, 1.82) is 0 Å². The molecular formula is C89H99Cl6N21O5. The van der Waals surface area contributed by atoms with Crippen LogP contribution in [0.4, 0.5) is 22.7 Å². The maximum atomic E-state index is 11.5. The van der Waals surface area contributed by atoms with Crippen molar-refractivity contribution in [2.45, 2.75) is 104 Å². The normalized spacial score (nSPS) is 16.7. The number of amides is 4. The number of benzene rings is 7. The Labute approximate surface area is 731 Å². The highest BCUT2D eigenvalue weighted by atomic mass is 35.5. The molecule has 9 N–H and O–H groups in total. The predicted molar refractivity (Wildman–Crippen MR) is 487 cm³/mol. The number of fused-ring (bicyclic) bond motifs is 6. The van der Waals surface area contributed by atoms with E-state index >= 15 is 0 Å². The minimum Gasteiger partial charge on any atom is -0.388 e. The number of carbonyl (C=O) groups excluding carboxylic acids is 4. The molecule has 19 rings (SSSR count). The Hall–Kier alpha value is -10.7. The molecule has 121 heavy (non-hydrogen) atoms. The van der Waals surface area contributed by atoms with Crippen molar-refractivity contribution in [3.63, 3.8) is 0 Å². The molecule has 7 aromatic carbocycles. The van der Waals surface area contributed by atoms with Gasteiger partial charge in [-0.25, -0.2) is 0 Å². The highest BCUT2D eigenvalue weighted by Crippen LogP contribution is 2.42. The number of H-pyrrole nitrogens is 6. The van der Waals surface area contributed by atoms with Gasteiger partial charge in [-0.3, -0.25) is 54.8 Å². The molecule has 4 amide bonds. The van der Waals surface area contributed by atoms with Gasteiger partial charge in [0.1, 0.15) is 0 Å². The second kappa shape index (κ2) is 39.4. The maximum Gasteiger partial charge on any atom is 0.220 e. The van der Waals surface area contributed by atoms with E-state index in [4.69, 9.17) is 69.6 Å². The van der Waals surface area contributed by atoms with Crippen LogP contribution in [0, 0.1) is 17.3 Å². The number of halogens is 6. The second-order valence-electron chi connectivity index (χ2n) is 31.9. The van der Waals surface area contributed by atoms with Crippen LogP contribution in [-0.2, 0) is 32.0 Å². The van der Waals surface area contributed by atoms with Gasteiger partial charge in [0.05, 0.1) is 82.4 Å². The van der Waals surface area contributed by atoms with Gasteiger partial charge >= 0.3 is 0 Å². The molecule has 3 atom stereocenters. The third kappa shape index (κ3) is 21.4. The summed E-state index contributed by atoms with van der Waals surface area (Å²) in [4.78, 5) is 62.7. The lowest BCUT2D eigenvalue weighted by Crippen LogP contribution is -2.41. The molecule has 1 spiro atoms. The molecule has 12 heterocycles. The summed E-state index contributed by atoms with van der Waals surface area (Å²) >= 11 is 37.0. The molecule has 26 nitrogen and oxygen atoms in total. The average molecular weight is 1760 g/mol. The van der Waals surface area contributed by atoms with Gasteiger partial charge in [0.25, 0.3) is 0 Å². The Morgan fingerprint density at radius 1 is 0.529 bits per heavy atom. The van der Waals surface area contributed by atoms with E-state index in [0.717, 1.165) is 250 Å². The molecule has 5 aliphatic heterocycles. The molecule has 0 aliphatic carbocycles. The van der Waals surface area contributed by atoms with Crippen LogP contribution in [0.2, 0.25) is 30.1 Å². The van der Waals surface area contributed by atoms with E-state index in [1.54, 1.807) is 33.0 Å². The zero-order valence-electron chi connectivity index (χ0n) is 68.3. The molecule has 7 aromatic heterocycles. The van der Waals surface area contributed by atoms with E-state index in [1.807, 2.05) is 164 Å². The van der Waals surface area contributed by atoms with Gasteiger partial charge in [0.15, 0.2) is 0 Å². The topological polar surface area (TPSA) is 317 Å². The molecule has 32 heteroatoms. The Kier molecular flexibility index (Phi) is 28.2. The van der Waals surface area contributed by atoms with E-state index in [9.17, 15) is 24.3 Å². The summed E-state index contributed by atoms with van der Waals surface area (Å²) in [6.07, 6.45) is 21.8. The number of pyridine rings is 1. The van der Waals surface area contributed by atoms with Crippen LogP contribution in [0.3, 0.4) is 0 Å². The lowest BCUT2D eigenvalue weighted by Gasteiger charge is -2.39. The highest BCUT2D eigenvalue weighted by Gasteiger charge is 2.41. The van der Waals surface area contributed by atoms with E-state index in [1.165, 1.54) is 0 Å². The number of anilines is 4. The molecule has 0 radical (unpaired) electrons. The first kappa shape index (κ1) is 86.7. The molecule has 0 bridgehead atoms. The number of carbonyl (C=O) groups is 4. The van der Waals surface area contributed by atoms with E-state index in [2.05, 4.69) is 109 Å². The van der Waals surface area contributed by atoms with Gasteiger partial charge in [-0.1, -0.05) is 107 Å². The lowest BCUT2D eigenvalue weighted by molar-refractivity contribution is -0.129. The fourth-order valence-corrected chi connectivity index (χ4v) is 18.2. The number of rotatable bonds is 14. The van der Waals surface area contributed by atoms with Crippen LogP contribution >= 0.6 is 69.6 Å². The van der Waals surface area contributed by atoms with Crippen LogP contribution in [0.5, 0.6) is 0 Å². The molecule has 3 unspecified atom stereocenters. The number of piperidine rings is 3. The summed E-state index contributed by atoms with van der Waals surface area (Å²) in [6, 6.07) is 37.3. The van der Waals surface area contributed by atoms with Gasteiger partial charge in [-0.05, 0) is 176 Å². The van der Waals surface area contributed by atoms with Crippen molar-refractivity contribution < 1.29 is 24.3 Å². The fourth-order valence-electron chi connectivity index (χ4n) is 16.9. The number of aryl methyl sites for hydroxylation is 1. The number of hydrogen-bond donors (Lipinski definition) is 9. The van der Waals surface area contributed by atoms with Crippen molar-refractivity contribution in [2.75, 3.05) is 106 Å². The average Bonchev–Trinajstić information content (AvgIpc) is 1.90. The van der Waals surface area contributed by atoms with E-state index < -0.39 is 6.10 Å². The number of nitrogens with one attached hydrogen (secondary N) is 8. The summed E-state index contributed by atoms with van der Waals surface area (Å²) < 4.78 is 0. The minimum atomic E-state index is -0.596. The lowest BCUT2D eigenvalue weighted by atomic mass is 9.77. The summed E-state index contributed by atoms with van der Waals surface area (Å²) in [5.41, 5.74) is 15.5. The number of aliphatic hydroxyl groups is 1. The van der Waals surface area contributed by atoms with Crippen molar-refractivity contribution in [2.24, 2.45) is 17.3 Å². The fraction of sp³-hybridized carbons (Fsp3) is 0.360. The van der Waals surface area contributed by atoms with Gasteiger partial charge in [0.2, 0.25) is 23.6 Å². The van der Waals surface area contributed by atoms with Crippen LogP contribution in [0.1, 0.15) is 102 Å². The first-order valence-corrected chi connectivity index (χ1v) is 43.1. The number of aliphatic hydroxyl groups excluding tert-OH is 1. The minimum absolute atomic E-state index is 0.0344. The van der Waals surface area contributed by atoms with Crippen molar-refractivity contribution in [3.05, 3.63) is 206 Å². The zero-order chi connectivity index (χ0) is 85.0. The van der Waals surface area contributed by atoms with Crippen LogP contribution in [0.15, 0.2) is 159 Å². The van der Waals surface area contributed by atoms with Crippen molar-refractivity contribution in [1.82, 2.24) is 86.6 Å².